The quantitative estimate of drug-likeness (QED) is 0.679. The van der Waals surface area contributed by atoms with E-state index in [2.05, 4.69) is 19.6 Å². The van der Waals surface area contributed by atoms with E-state index in [9.17, 15) is 0 Å². The van der Waals surface area contributed by atoms with Crippen LogP contribution in [-0.2, 0) is 0 Å². The first kappa shape index (κ1) is 19.1. The molecule has 0 fully saturated rings. The van der Waals surface area contributed by atoms with Gasteiger partial charge in [0.2, 0.25) is 0 Å². The molecule has 0 radical (unpaired) electrons. The third kappa shape index (κ3) is 9.53. The average Bonchev–Trinajstić information content (AvgIpc) is 2.25. The highest BCUT2D eigenvalue weighted by Crippen LogP contribution is 2.13. The standard InChI is InChI=1S/C9H17N.2C2H6/c1-5-9(6-2)7(3)8(4)10;2*1-2/h5-8H,1,10H2,2-4H3;2*1-2H3/b9-6+;;. The SMILES string of the molecule is C=C/C(=C\C)C(C)C(C)N.CC.CC. The topological polar surface area (TPSA) is 26.0 Å². The predicted octanol–water partition coefficient (Wildman–Crippen LogP) is 4.15. The number of rotatable bonds is 3. The molecule has 0 amide bonds. The Morgan fingerprint density at radius 3 is 1.57 bits per heavy atom. The van der Waals surface area contributed by atoms with Crippen LogP contribution in [0.4, 0.5) is 0 Å². The largest absolute Gasteiger partial charge is 0.327 e. The summed E-state index contributed by atoms with van der Waals surface area (Å²) in [6.07, 6.45) is 3.93. The van der Waals surface area contributed by atoms with Crippen molar-refractivity contribution in [3.63, 3.8) is 0 Å². The van der Waals surface area contributed by atoms with Crippen molar-refractivity contribution < 1.29 is 0 Å². The van der Waals surface area contributed by atoms with E-state index in [1.54, 1.807) is 0 Å². The van der Waals surface area contributed by atoms with Crippen LogP contribution >= 0.6 is 0 Å². The van der Waals surface area contributed by atoms with E-state index in [0.29, 0.717) is 5.92 Å². The van der Waals surface area contributed by atoms with E-state index < -0.39 is 0 Å². The molecular formula is C13H29N. The number of nitrogens with two attached hydrogens (primary N) is 1. The van der Waals surface area contributed by atoms with Crippen molar-refractivity contribution in [1.82, 2.24) is 0 Å². The lowest BCUT2D eigenvalue weighted by molar-refractivity contribution is 0.562. The third-order valence-electron chi connectivity index (χ3n) is 1.88. The van der Waals surface area contributed by atoms with Gasteiger partial charge in [-0.25, -0.2) is 0 Å². The highest BCUT2D eigenvalue weighted by Gasteiger charge is 2.08. The summed E-state index contributed by atoms with van der Waals surface area (Å²) in [5.74, 6) is 0.419. The monoisotopic (exact) mass is 199 g/mol. The Bertz CT molecular complexity index is 134. The van der Waals surface area contributed by atoms with E-state index in [0.717, 1.165) is 0 Å². The van der Waals surface area contributed by atoms with Gasteiger partial charge in [0.1, 0.15) is 0 Å². The van der Waals surface area contributed by atoms with Crippen LogP contribution in [0, 0.1) is 5.92 Å². The summed E-state index contributed by atoms with van der Waals surface area (Å²) in [5.41, 5.74) is 6.93. The Morgan fingerprint density at radius 1 is 1.14 bits per heavy atom. The van der Waals surface area contributed by atoms with Gasteiger partial charge in [0.25, 0.3) is 0 Å². The zero-order valence-electron chi connectivity index (χ0n) is 11.1. The third-order valence-corrected chi connectivity index (χ3v) is 1.88. The summed E-state index contributed by atoms with van der Waals surface area (Å²) in [4.78, 5) is 0. The molecule has 0 rings (SSSR count). The van der Waals surface area contributed by atoms with Crippen LogP contribution in [0.2, 0.25) is 0 Å². The molecule has 0 saturated carbocycles. The summed E-state index contributed by atoms with van der Waals surface area (Å²) in [6, 6.07) is 0.212. The van der Waals surface area contributed by atoms with E-state index >= 15 is 0 Å². The number of hydrogen-bond acceptors (Lipinski definition) is 1. The Kier molecular flexibility index (Phi) is 20.4. The first-order chi connectivity index (χ1) is 6.63. The molecule has 0 aromatic heterocycles. The van der Waals surface area contributed by atoms with Crippen molar-refractivity contribution in [3.8, 4) is 0 Å². The van der Waals surface area contributed by atoms with Gasteiger partial charge in [-0.15, -0.1) is 0 Å². The van der Waals surface area contributed by atoms with Crippen LogP contribution in [0.3, 0.4) is 0 Å². The first-order valence-corrected chi connectivity index (χ1v) is 5.67. The Morgan fingerprint density at radius 2 is 1.50 bits per heavy atom. The predicted molar refractivity (Wildman–Crippen MR) is 69.5 cm³/mol. The minimum absolute atomic E-state index is 0.212. The van der Waals surface area contributed by atoms with Crippen LogP contribution in [0.1, 0.15) is 48.5 Å². The van der Waals surface area contributed by atoms with Gasteiger partial charge in [-0.2, -0.15) is 0 Å². The average molecular weight is 199 g/mol. The van der Waals surface area contributed by atoms with Gasteiger partial charge in [0.05, 0.1) is 0 Å². The maximum Gasteiger partial charge on any atom is 0.00765 e. The van der Waals surface area contributed by atoms with Gasteiger partial charge in [0, 0.05) is 6.04 Å². The van der Waals surface area contributed by atoms with Crippen LogP contribution in [0.25, 0.3) is 0 Å². The molecule has 2 N–H and O–H groups in total. The van der Waals surface area contributed by atoms with Crippen LogP contribution in [-0.4, -0.2) is 6.04 Å². The second kappa shape index (κ2) is 14.9. The zero-order chi connectivity index (χ0) is 12.1. The fraction of sp³-hybridized carbons (Fsp3) is 0.692. The van der Waals surface area contributed by atoms with E-state index in [4.69, 9.17) is 5.73 Å². The minimum atomic E-state index is 0.212. The molecule has 0 spiro atoms. The Balaban J connectivity index is -0.000000266. The summed E-state index contributed by atoms with van der Waals surface area (Å²) >= 11 is 0. The van der Waals surface area contributed by atoms with Crippen molar-refractivity contribution in [3.05, 3.63) is 24.3 Å². The van der Waals surface area contributed by atoms with Crippen molar-refractivity contribution in [1.29, 1.82) is 0 Å². The molecule has 0 heterocycles. The van der Waals surface area contributed by atoms with Gasteiger partial charge in [-0.1, -0.05) is 53.3 Å². The Labute approximate surface area is 91.1 Å². The fourth-order valence-corrected chi connectivity index (χ4v) is 0.870. The molecule has 14 heavy (non-hydrogen) atoms. The summed E-state index contributed by atoms with van der Waals surface area (Å²) in [6.45, 7) is 17.8. The summed E-state index contributed by atoms with van der Waals surface area (Å²) in [5, 5.41) is 0. The molecule has 0 aromatic rings. The number of hydrogen-bond donors (Lipinski definition) is 1. The fourth-order valence-electron chi connectivity index (χ4n) is 0.870. The molecule has 0 aliphatic carbocycles. The van der Waals surface area contributed by atoms with E-state index in [1.165, 1.54) is 5.57 Å². The van der Waals surface area contributed by atoms with E-state index in [-0.39, 0.29) is 6.04 Å². The molecule has 0 aliphatic heterocycles. The molecule has 0 saturated heterocycles. The number of allylic oxidation sites excluding steroid dienone is 2. The van der Waals surface area contributed by atoms with Crippen LogP contribution < -0.4 is 5.73 Å². The smallest absolute Gasteiger partial charge is 0.00765 e. The second-order valence-electron chi connectivity index (χ2n) is 2.64. The summed E-state index contributed by atoms with van der Waals surface area (Å²) in [7, 11) is 0. The zero-order valence-corrected chi connectivity index (χ0v) is 11.1. The van der Waals surface area contributed by atoms with Crippen molar-refractivity contribution in [2.75, 3.05) is 0 Å². The highest BCUT2D eigenvalue weighted by atomic mass is 14.6. The molecular weight excluding hydrogens is 170 g/mol. The Hall–Kier alpha value is -0.560. The van der Waals surface area contributed by atoms with Crippen molar-refractivity contribution in [2.24, 2.45) is 11.7 Å². The molecule has 0 aromatic carbocycles. The maximum absolute atomic E-state index is 5.70. The van der Waals surface area contributed by atoms with Gasteiger partial charge in [-0.3, -0.25) is 0 Å². The molecule has 2 unspecified atom stereocenters. The molecule has 1 heteroatoms. The lowest BCUT2D eigenvalue weighted by atomic mass is 9.95. The molecule has 0 bridgehead atoms. The molecule has 86 valence electrons. The highest BCUT2D eigenvalue weighted by molar-refractivity contribution is 5.19. The van der Waals surface area contributed by atoms with Gasteiger partial charge < -0.3 is 5.73 Å². The van der Waals surface area contributed by atoms with Gasteiger partial charge in [0.15, 0.2) is 0 Å². The van der Waals surface area contributed by atoms with Gasteiger partial charge >= 0.3 is 0 Å². The van der Waals surface area contributed by atoms with E-state index in [1.807, 2.05) is 47.6 Å². The summed E-state index contributed by atoms with van der Waals surface area (Å²) < 4.78 is 0. The molecule has 1 nitrogen and oxygen atoms in total. The molecule has 2 atom stereocenters. The maximum atomic E-state index is 5.70. The lowest BCUT2D eigenvalue weighted by Gasteiger charge is -2.15. The van der Waals surface area contributed by atoms with Crippen LogP contribution in [0.15, 0.2) is 24.3 Å². The normalized spacial score (nSPS) is 13.9. The van der Waals surface area contributed by atoms with Crippen molar-refractivity contribution in [2.45, 2.75) is 54.5 Å². The van der Waals surface area contributed by atoms with Crippen LogP contribution in [0.5, 0.6) is 0 Å². The lowest BCUT2D eigenvalue weighted by Crippen LogP contribution is -2.25. The van der Waals surface area contributed by atoms with Gasteiger partial charge in [-0.05, 0) is 25.3 Å². The first-order valence-electron chi connectivity index (χ1n) is 5.67. The van der Waals surface area contributed by atoms with Crippen molar-refractivity contribution >= 4 is 0 Å². The minimum Gasteiger partial charge on any atom is -0.327 e. The molecule has 0 aliphatic rings. The second-order valence-corrected chi connectivity index (χ2v) is 2.64.